The van der Waals surface area contributed by atoms with E-state index in [0.29, 0.717) is 11.8 Å². The third-order valence-electron chi connectivity index (χ3n) is 2.89. The Morgan fingerprint density at radius 2 is 1.78 bits per heavy atom. The maximum Gasteiger partial charge on any atom is 0.125 e. The molecule has 0 amide bonds. The maximum absolute atomic E-state index is 6.03. The van der Waals surface area contributed by atoms with Gasteiger partial charge < -0.3 is 4.74 Å². The molecule has 0 saturated carbocycles. The van der Waals surface area contributed by atoms with Crippen LogP contribution >= 0.6 is 22.6 Å². The highest BCUT2D eigenvalue weighted by Crippen LogP contribution is 2.28. The average Bonchev–Trinajstić information content (AvgIpc) is 2.20. The summed E-state index contributed by atoms with van der Waals surface area (Å²) < 4.78 is 7.33. The molecule has 102 valence electrons. The van der Waals surface area contributed by atoms with E-state index in [0.717, 1.165) is 25.2 Å². The van der Waals surface area contributed by atoms with E-state index in [2.05, 4.69) is 69.3 Å². The molecule has 0 aliphatic heterocycles. The van der Waals surface area contributed by atoms with Crippen LogP contribution in [0.1, 0.15) is 45.2 Å². The van der Waals surface area contributed by atoms with Gasteiger partial charge in [0.1, 0.15) is 5.75 Å². The van der Waals surface area contributed by atoms with Gasteiger partial charge in [-0.05, 0) is 77.5 Å². The second-order valence-electron chi connectivity index (χ2n) is 5.84. The van der Waals surface area contributed by atoms with Crippen molar-refractivity contribution in [3.63, 3.8) is 0 Å². The van der Waals surface area contributed by atoms with Crippen LogP contribution in [-0.2, 0) is 6.42 Å². The zero-order chi connectivity index (χ0) is 13.7. The number of ether oxygens (including phenoxy) is 1. The highest BCUT2D eigenvalue weighted by Gasteiger charge is 2.11. The molecule has 0 unspecified atom stereocenters. The summed E-state index contributed by atoms with van der Waals surface area (Å²) in [5.41, 5.74) is 2.62. The van der Waals surface area contributed by atoms with Crippen molar-refractivity contribution < 1.29 is 4.74 Å². The summed E-state index contributed by atoms with van der Waals surface area (Å²) in [4.78, 5) is 0. The Labute approximate surface area is 125 Å². The van der Waals surface area contributed by atoms with Crippen molar-refractivity contribution in [2.75, 3.05) is 6.61 Å². The van der Waals surface area contributed by atoms with Crippen LogP contribution in [0.5, 0.6) is 5.75 Å². The Bertz CT molecular complexity index is 383. The lowest BCUT2D eigenvalue weighted by Crippen LogP contribution is -2.06. The number of halogens is 1. The predicted octanol–water partition coefficient (Wildman–Crippen LogP) is 5.22. The lowest BCUT2D eigenvalue weighted by molar-refractivity contribution is 0.284. The van der Waals surface area contributed by atoms with Gasteiger partial charge in [0.05, 0.1) is 6.61 Å². The van der Waals surface area contributed by atoms with Crippen LogP contribution in [0.25, 0.3) is 0 Å². The van der Waals surface area contributed by atoms with Crippen LogP contribution in [0.4, 0.5) is 0 Å². The molecule has 0 atom stereocenters. The van der Waals surface area contributed by atoms with Crippen LogP contribution in [0, 0.1) is 22.3 Å². The summed E-state index contributed by atoms with van der Waals surface area (Å²) in [7, 11) is 0. The summed E-state index contributed by atoms with van der Waals surface area (Å²) in [5, 5.41) is 0. The van der Waals surface area contributed by atoms with E-state index in [4.69, 9.17) is 4.74 Å². The zero-order valence-electron chi connectivity index (χ0n) is 12.2. The van der Waals surface area contributed by atoms with E-state index in [1.807, 2.05) is 0 Å². The van der Waals surface area contributed by atoms with Crippen molar-refractivity contribution in [2.45, 2.75) is 47.5 Å². The molecule has 0 aromatic heterocycles. The fraction of sp³-hybridized carbons (Fsp3) is 0.625. The molecule has 0 fully saturated rings. The van der Waals surface area contributed by atoms with Gasteiger partial charge in [0, 0.05) is 3.57 Å². The van der Waals surface area contributed by atoms with Crippen LogP contribution in [-0.4, -0.2) is 6.61 Å². The Kier molecular flexibility index (Phi) is 6.47. The van der Waals surface area contributed by atoms with Crippen molar-refractivity contribution >= 4 is 22.6 Å². The van der Waals surface area contributed by atoms with Gasteiger partial charge in [-0.2, -0.15) is 0 Å². The molecule has 1 nitrogen and oxygen atoms in total. The van der Waals surface area contributed by atoms with Crippen molar-refractivity contribution in [3.05, 3.63) is 26.8 Å². The normalized spacial score (nSPS) is 11.3. The van der Waals surface area contributed by atoms with Gasteiger partial charge in [-0.25, -0.2) is 0 Å². The Hall–Kier alpha value is -0.250. The molecule has 0 aliphatic carbocycles. The van der Waals surface area contributed by atoms with Gasteiger partial charge in [-0.1, -0.05) is 27.7 Å². The first-order valence-corrected chi connectivity index (χ1v) is 7.89. The Morgan fingerprint density at radius 3 is 2.33 bits per heavy atom. The number of hydrogen-bond donors (Lipinski definition) is 0. The number of benzene rings is 1. The predicted molar refractivity (Wildman–Crippen MR) is 87.4 cm³/mol. The van der Waals surface area contributed by atoms with Crippen LogP contribution in [0.15, 0.2) is 12.1 Å². The summed E-state index contributed by atoms with van der Waals surface area (Å²) in [6.45, 7) is 12.0. The highest BCUT2D eigenvalue weighted by molar-refractivity contribution is 14.1. The zero-order valence-corrected chi connectivity index (χ0v) is 14.4. The minimum absolute atomic E-state index is 0.662. The van der Waals surface area contributed by atoms with Crippen molar-refractivity contribution in [1.29, 1.82) is 0 Å². The number of rotatable bonds is 6. The summed E-state index contributed by atoms with van der Waals surface area (Å²) in [5.74, 6) is 2.47. The van der Waals surface area contributed by atoms with Crippen molar-refractivity contribution in [3.8, 4) is 5.75 Å². The third kappa shape index (κ3) is 5.17. The molecule has 0 bridgehead atoms. The van der Waals surface area contributed by atoms with Gasteiger partial charge in [0.2, 0.25) is 0 Å². The second-order valence-corrected chi connectivity index (χ2v) is 7.09. The second kappa shape index (κ2) is 7.37. The maximum atomic E-state index is 6.03. The van der Waals surface area contributed by atoms with E-state index < -0.39 is 0 Å². The van der Waals surface area contributed by atoms with Crippen LogP contribution in [0.3, 0.4) is 0 Å². The SMILES string of the molecule is Cc1cc(I)cc(CC(C)C)c1OCCC(C)C. The monoisotopic (exact) mass is 360 g/mol. The third-order valence-corrected chi connectivity index (χ3v) is 3.51. The Morgan fingerprint density at radius 1 is 1.11 bits per heavy atom. The molecule has 0 saturated heterocycles. The van der Waals surface area contributed by atoms with E-state index in [-0.39, 0.29) is 0 Å². The molecule has 0 N–H and O–H groups in total. The van der Waals surface area contributed by atoms with E-state index in [1.54, 1.807) is 0 Å². The highest BCUT2D eigenvalue weighted by atomic mass is 127. The fourth-order valence-electron chi connectivity index (χ4n) is 1.99. The minimum Gasteiger partial charge on any atom is -0.493 e. The first-order valence-electron chi connectivity index (χ1n) is 6.82. The molecule has 1 aromatic carbocycles. The molecule has 1 rings (SSSR count). The summed E-state index contributed by atoms with van der Waals surface area (Å²) in [6, 6.07) is 4.47. The van der Waals surface area contributed by atoms with Crippen molar-refractivity contribution in [2.24, 2.45) is 11.8 Å². The molecule has 1 aromatic rings. The first kappa shape index (κ1) is 15.8. The largest absolute Gasteiger partial charge is 0.493 e. The first-order chi connectivity index (χ1) is 8.40. The smallest absolute Gasteiger partial charge is 0.125 e. The van der Waals surface area contributed by atoms with Gasteiger partial charge in [-0.15, -0.1) is 0 Å². The van der Waals surface area contributed by atoms with Crippen molar-refractivity contribution in [1.82, 2.24) is 0 Å². The minimum atomic E-state index is 0.662. The number of aryl methyl sites for hydroxylation is 1. The molecular weight excluding hydrogens is 335 g/mol. The number of hydrogen-bond acceptors (Lipinski definition) is 1. The quantitative estimate of drug-likeness (QED) is 0.632. The molecule has 0 aliphatic rings. The standard InChI is InChI=1S/C16H25IO/c1-11(2)6-7-18-16-13(5)9-15(17)10-14(16)8-12(3)4/h9-12H,6-8H2,1-5H3. The van der Waals surface area contributed by atoms with Gasteiger partial charge >= 0.3 is 0 Å². The van der Waals surface area contributed by atoms with Gasteiger partial charge in [0.25, 0.3) is 0 Å². The fourth-order valence-corrected chi connectivity index (χ4v) is 2.84. The van der Waals surface area contributed by atoms with Gasteiger partial charge in [-0.3, -0.25) is 0 Å². The van der Waals surface area contributed by atoms with Gasteiger partial charge in [0.15, 0.2) is 0 Å². The molecule has 0 spiro atoms. The molecule has 18 heavy (non-hydrogen) atoms. The van der Waals surface area contributed by atoms with Crippen LogP contribution < -0.4 is 4.74 Å². The van der Waals surface area contributed by atoms with E-state index >= 15 is 0 Å². The molecule has 0 radical (unpaired) electrons. The topological polar surface area (TPSA) is 9.23 Å². The molecular formula is C16H25IO. The summed E-state index contributed by atoms with van der Waals surface area (Å²) >= 11 is 2.39. The van der Waals surface area contributed by atoms with Crippen LogP contribution in [0.2, 0.25) is 0 Å². The Balaban J connectivity index is 2.85. The molecule has 0 heterocycles. The summed E-state index contributed by atoms with van der Waals surface area (Å²) in [6.07, 6.45) is 2.21. The van der Waals surface area contributed by atoms with E-state index in [9.17, 15) is 0 Å². The van der Waals surface area contributed by atoms with E-state index in [1.165, 1.54) is 14.7 Å². The average molecular weight is 360 g/mol. The lowest BCUT2D eigenvalue weighted by atomic mass is 10.00. The lowest BCUT2D eigenvalue weighted by Gasteiger charge is -2.17. The molecule has 2 heteroatoms.